The fourth-order valence-electron chi connectivity index (χ4n) is 4.41. The van der Waals surface area contributed by atoms with Crippen molar-refractivity contribution in [2.75, 3.05) is 5.84 Å². The van der Waals surface area contributed by atoms with E-state index in [4.69, 9.17) is 5.84 Å². The number of nitrogens with two attached hydrogens (primary N) is 1. The van der Waals surface area contributed by atoms with E-state index < -0.39 is 0 Å². The number of nitrogen functional groups attached to an aromatic ring is 1. The van der Waals surface area contributed by atoms with E-state index in [0.717, 1.165) is 37.9 Å². The van der Waals surface area contributed by atoms with Crippen LogP contribution in [0.5, 0.6) is 0 Å². The van der Waals surface area contributed by atoms with Crippen molar-refractivity contribution in [2.24, 2.45) is 0 Å². The van der Waals surface area contributed by atoms with E-state index in [1.807, 2.05) is 13.0 Å². The second kappa shape index (κ2) is 8.55. The first-order chi connectivity index (χ1) is 13.6. The van der Waals surface area contributed by atoms with Gasteiger partial charge in [0.15, 0.2) is 5.82 Å². The lowest BCUT2D eigenvalue weighted by Gasteiger charge is -2.27. The zero-order valence-corrected chi connectivity index (χ0v) is 17.3. The van der Waals surface area contributed by atoms with Crippen LogP contribution < -0.4 is 11.2 Å². The SMILES string of the molecule is C[C@H](Sc1nnc(C2CCCCC2)n1N)C(=O)N[C@@H]1CCCc2ccccc21. The van der Waals surface area contributed by atoms with E-state index >= 15 is 0 Å². The van der Waals surface area contributed by atoms with Gasteiger partial charge >= 0.3 is 0 Å². The molecule has 3 N–H and O–H groups in total. The Morgan fingerprint density at radius 3 is 2.79 bits per heavy atom. The van der Waals surface area contributed by atoms with Crippen LogP contribution in [-0.4, -0.2) is 26.0 Å². The largest absolute Gasteiger partial charge is 0.348 e. The Hall–Kier alpha value is -2.02. The van der Waals surface area contributed by atoms with Gasteiger partial charge in [0.05, 0.1) is 11.3 Å². The van der Waals surface area contributed by atoms with Crippen molar-refractivity contribution in [1.29, 1.82) is 0 Å². The molecule has 1 fully saturated rings. The number of carbonyl (C=O) groups excluding carboxylic acids is 1. The van der Waals surface area contributed by atoms with Crippen LogP contribution in [0.4, 0.5) is 0 Å². The summed E-state index contributed by atoms with van der Waals surface area (Å²) in [5, 5.41) is 12.2. The number of rotatable bonds is 5. The minimum absolute atomic E-state index is 0.0221. The van der Waals surface area contributed by atoms with Gasteiger partial charge in [-0.15, -0.1) is 10.2 Å². The highest BCUT2D eigenvalue weighted by atomic mass is 32.2. The average molecular weight is 400 g/mol. The number of nitrogens with one attached hydrogen (secondary N) is 1. The molecule has 0 spiro atoms. The second-order valence-corrected chi connectivity index (χ2v) is 9.27. The number of amides is 1. The topological polar surface area (TPSA) is 85.8 Å². The van der Waals surface area contributed by atoms with Crippen molar-refractivity contribution >= 4 is 17.7 Å². The summed E-state index contributed by atoms with van der Waals surface area (Å²) >= 11 is 1.39. The summed E-state index contributed by atoms with van der Waals surface area (Å²) in [6.45, 7) is 1.91. The maximum absolute atomic E-state index is 12.8. The zero-order chi connectivity index (χ0) is 19.5. The number of aromatic nitrogens is 3. The smallest absolute Gasteiger partial charge is 0.233 e. The molecule has 150 valence electrons. The lowest BCUT2D eigenvalue weighted by molar-refractivity contribution is -0.121. The fourth-order valence-corrected chi connectivity index (χ4v) is 5.20. The lowest BCUT2D eigenvalue weighted by Crippen LogP contribution is -2.36. The Kier molecular flexibility index (Phi) is 5.90. The lowest BCUT2D eigenvalue weighted by atomic mass is 9.88. The molecule has 0 saturated heterocycles. The monoisotopic (exact) mass is 399 g/mol. The van der Waals surface area contributed by atoms with Crippen LogP contribution in [0.2, 0.25) is 0 Å². The van der Waals surface area contributed by atoms with Crippen LogP contribution in [0.1, 0.15) is 80.8 Å². The van der Waals surface area contributed by atoms with Gasteiger partial charge in [-0.05, 0) is 50.2 Å². The number of carbonyl (C=O) groups is 1. The summed E-state index contributed by atoms with van der Waals surface area (Å²) in [5.74, 6) is 7.54. The Morgan fingerprint density at radius 1 is 1.18 bits per heavy atom. The highest BCUT2D eigenvalue weighted by molar-refractivity contribution is 8.00. The molecule has 2 aliphatic rings. The molecule has 7 heteroatoms. The van der Waals surface area contributed by atoms with Gasteiger partial charge in [-0.1, -0.05) is 55.3 Å². The number of hydrogen-bond donors (Lipinski definition) is 2. The van der Waals surface area contributed by atoms with E-state index in [0.29, 0.717) is 11.1 Å². The summed E-state index contributed by atoms with van der Waals surface area (Å²) < 4.78 is 1.60. The summed E-state index contributed by atoms with van der Waals surface area (Å²) in [6.07, 6.45) is 9.16. The molecule has 0 unspecified atom stereocenters. The molecule has 2 aliphatic carbocycles. The standard InChI is InChI=1S/C21H29N5OS/c1-14(20(27)23-18-13-7-11-15-8-5-6-12-17(15)18)28-21-25-24-19(26(21)22)16-9-3-2-4-10-16/h5-6,8,12,14,16,18H,2-4,7,9-11,13,22H2,1H3,(H,23,27)/t14-,18+/m0/s1. The molecule has 1 aromatic heterocycles. The number of fused-ring (bicyclic) bond motifs is 1. The molecule has 0 radical (unpaired) electrons. The number of aryl methyl sites for hydroxylation is 1. The van der Waals surface area contributed by atoms with Crippen molar-refractivity contribution in [3.8, 4) is 0 Å². The number of benzene rings is 1. The van der Waals surface area contributed by atoms with Gasteiger partial charge in [-0.2, -0.15) is 0 Å². The third-order valence-corrected chi connectivity index (χ3v) is 7.06. The van der Waals surface area contributed by atoms with E-state index in [1.54, 1.807) is 4.68 Å². The first kappa shape index (κ1) is 19.3. The third-order valence-electron chi connectivity index (χ3n) is 6.00. The Balaban J connectivity index is 1.40. The molecular formula is C21H29N5OS. The van der Waals surface area contributed by atoms with Crippen LogP contribution in [0.15, 0.2) is 29.4 Å². The molecular weight excluding hydrogens is 370 g/mol. The molecule has 0 aliphatic heterocycles. The van der Waals surface area contributed by atoms with Crippen molar-refractivity contribution in [2.45, 2.75) is 80.7 Å². The summed E-state index contributed by atoms with van der Waals surface area (Å²) in [4.78, 5) is 12.8. The van der Waals surface area contributed by atoms with Crippen LogP contribution in [0.25, 0.3) is 0 Å². The average Bonchev–Trinajstić information content (AvgIpc) is 3.09. The highest BCUT2D eigenvalue weighted by Crippen LogP contribution is 2.33. The summed E-state index contributed by atoms with van der Waals surface area (Å²) in [7, 11) is 0. The maximum Gasteiger partial charge on any atom is 0.233 e. The minimum Gasteiger partial charge on any atom is -0.348 e. The van der Waals surface area contributed by atoms with Crippen molar-refractivity contribution in [3.05, 3.63) is 41.2 Å². The van der Waals surface area contributed by atoms with Crippen LogP contribution in [0.3, 0.4) is 0 Å². The molecule has 0 bridgehead atoms. The van der Waals surface area contributed by atoms with Crippen LogP contribution in [-0.2, 0) is 11.2 Å². The predicted octanol–water partition coefficient (Wildman–Crippen LogP) is 3.71. The summed E-state index contributed by atoms with van der Waals surface area (Å²) in [5.41, 5.74) is 2.60. The third kappa shape index (κ3) is 4.04. The van der Waals surface area contributed by atoms with Gasteiger partial charge in [0.25, 0.3) is 0 Å². The predicted molar refractivity (Wildman–Crippen MR) is 112 cm³/mol. The van der Waals surface area contributed by atoms with E-state index in [2.05, 4.69) is 33.7 Å². The molecule has 28 heavy (non-hydrogen) atoms. The fraction of sp³-hybridized carbons (Fsp3) is 0.571. The molecule has 6 nitrogen and oxygen atoms in total. The van der Waals surface area contributed by atoms with E-state index in [-0.39, 0.29) is 17.2 Å². The van der Waals surface area contributed by atoms with Crippen molar-refractivity contribution in [3.63, 3.8) is 0 Å². The van der Waals surface area contributed by atoms with Gasteiger partial charge in [0.2, 0.25) is 11.1 Å². The normalized spacial score (nSPS) is 21.1. The van der Waals surface area contributed by atoms with Gasteiger partial charge < -0.3 is 11.2 Å². The molecule has 4 rings (SSSR count). The van der Waals surface area contributed by atoms with Crippen LogP contribution >= 0.6 is 11.8 Å². The molecule has 1 heterocycles. The number of nitrogens with zero attached hydrogens (tertiary/aromatic N) is 3. The molecule has 2 aromatic rings. The Labute approximate surface area is 170 Å². The Morgan fingerprint density at radius 2 is 1.96 bits per heavy atom. The van der Waals surface area contributed by atoms with Gasteiger partial charge in [0.1, 0.15) is 0 Å². The number of thioether (sulfide) groups is 1. The first-order valence-corrected chi connectivity index (χ1v) is 11.3. The highest BCUT2D eigenvalue weighted by Gasteiger charge is 2.27. The Bertz CT molecular complexity index is 830. The molecule has 2 atom stereocenters. The summed E-state index contributed by atoms with van der Waals surface area (Å²) in [6, 6.07) is 8.50. The minimum atomic E-state index is -0.278. The van der Waals surface area contributed by atoms with Gasteiger partial charge in [-0.3, -0.25) is 4.79 Å². The van der Waals surface area contributed by atoms with Crippen LogP contribution in [0, 0.1) is 0 Å². The molecule has 1 aromatic carbocycles. The maximum atomic E-state index is 12.8. The zero-order valence-electron chi connectivity index (χ0n) is 16.4. The van der Waals surface area contributed by atoms with Gasteiger partial charge in [0, 0.05) is 5.92 Å². The van der Waals surface area contributed by atoms with Gasteiger partial charge in [-0.25, -0.2) is 4.68 Å². The molecule has 1 saturated carbocycles. The van der Waals surface area contributed by atoms with E-state index in [9.17, 15) is 4.79 Å². The van der Waals surface area contributed by atoms with Crippen molar-refractivity contribution in [1.82, 2.24) is 20.2 Å². The first-order valence-electron chi connectivity index (χ1n) is 10.4. The van der Waals surface area contributed by atoms with E-state index in [1.165, 1.54) is 42.2 Å². The second-order valence-electron chi connectivity index (χ2n) is 7.96. The molecule has 1 amide bonds. The number of hydrogen-bond acceptors (Lipinski definition) is 5. The van der Waals surface area contributed by atoms with Crippen molar-refractivity contribution < 1.29 is 4.79 Å². The quantitative estimate of drug-likeness (QED) is 0.591.